The van der Waals surface area contributed by atoms with E-state index in [2.05, 4.69) is 17.1 Å². The zero-order valence-corrected chi connectivity index (χ0v) is 28.9. The van der Waals surface area contributed by atoms with Crippen molar-refractivity contribution in [3.63, 3.8) is 0 Å². The highest BCUT2D eigenvalue weighted by molar-refractivity contribution is 6.02. The molecule has 2 aliphatic heterocycles. The fourth-order valence-electron chi connectivity index (χ4n) is 7.24. The van der Waals surface area contributed by atoms with Gasteiger partial charge in [0.25, 0.3) is 0 Å². The Morgan fingerprint density at radius 3 is 2.55 bits per heavy atom. The summed E-state index contributed by atoms with van der Waals surface area (Å²) in [5, 5.41) is 15.6. The monoisotopic (exact) mass is 672 g/mol. The molecule has 49 heavy (non-hydrogen) atoms. The minimum absolute atomic E-state index is 0.0518. The van der Waals surface area contributed by atoms with E-state index in [9.17, 15) is 9.90 Å². The standard InChI is InChI=1S/C37H45FN6O5/c1-6-22-8-7-9-23-14-26(48-21-47-5)15-27(29(22)23)31-30(38)32-28(16-39-31)33(42-34(41-32)40-19-37(20-45)12-13-37)43-17-24-10-11-25(18-43)44(24)35(46)49-36(2,3)4/h7-9,14-16,24-25,45H,6,10-13,17-21H2,1-5H3,(H,40,41,42). The first-order chi connectivity index (χ1) is 23.5. The van der Waals surface area contributed by atoms with Gasteiger partial charge in [-0.15, -0.1) is 0 Å². The van der Waals surface area contributed by atoms with Crippen molar-refractivity contribution in [1.82, 2.24) is 19.9 Å². The summed E-state index contributed by atoms with van der Waals surface area (Å²) in [6.07, 6.45) is 5.61. The zero-order valence-electron chi connectivity index (χ0n) is 28.9. The van der Waals surface area contributed by atoms with Crippen LogP contribution in [0, 0.1) is 11.2 Å². The summed E-state index contributed by atoms with van der Waals surface area (Å²) >= 11 is 0. The van der Waals surface area contributed by atoms with Crippen molar-refractivity contribution in [2.24, 2.45) is 5.41 Å². The van der Waals surface area contributed by atoms with Gasteiger partial charge < -0.3 is 29.5 Å². The second-order valence-corrected chi connectivity index (χ2v) is 14.6. The van der Waals surface area contributed by atoms with Crippen LogP contribution in [0.25, 0.3) is 32.9 Å². The lowest BCUT2D eigenvalue weighted by atomic mass is 9.95. The van der Waals surface area contributed by atoms with Crippen molar-refractivity contribution in [2.75, 3.05) is 50.4 Å². The molecule has 1 saturated carbocycles. The fourth-order valence-corrected chi connectivity index (χ4v) is 7.24. The third kappa shape index (κ3) is 6.43. The molecule has 0 radical (unpaired) electrons. The van der Waals surface area contributed by atoms with Gasteiger partial charge in [-0.1, -0.05) is 25.1 Å². The smallest absolute Gasteiger partial charge is 0.410 e. The number of carbonyl (C=O) groups is 1. The van der Waals surface area contributed by atoms with E-state index in [-0.39, 0.29) is 54.2 Å². The molecule has 2 bridgehead atoms. The highest BCUT2D eigenvalue weighted by atomic mass is 19.1. The number of ether oxygens (including phenoxy) is 3. The minimum atomic E-state index is -0.593. The van der Waals surface area contributed by atoms with Gasteiger partial charge >= 0.3 is 6.09 Å². The van der Waals surface area contributed by atoms with Crippen molar-refractivity contribution in [3.05, 3.63) is 47.9 Å². The first-order valence-corrected chi connectivity index (χ1v) is 17.2. The SMILES string of the molecule is CCc1cccc2cc(OCOC)cc(-c3ncc4c(N5CC6CCC(C5)N6C(=O)OC(C)(C)C)nc(NCC5(CO)CC5)nc4c3F)c12. The molecule has 12 heteroatoms. The van der Waals surface area contributed by atoms with Crippen LogP contribution in [0.5, 0.6) is 5.75 Å². The van der Waals surface area contributed by atoms with Crippen molar-refractivity contribution in [2.45, 2.75) is 77.5 Å². The van der Waals surface area contributed by atoms with Gasteiger partial charge in [0.2, 0.25) is 5.95 Å². The number of aliphatic hydroxyl groups is 1. The Kier molecular flexibility index (Phi) is 8.72. The van der Waals surface area contributed by atoms with E-state index in [0.717, 1.165) is 48.4 Å². The number of nitrogens with one attached hydrogen (secondary N) is 1. The highest BCUT2D eigenvalue weighted by Gasteiger charge is 2.45. The van der Waals surface area contributed by atoms with E-state index in [4.69, 9.17) is 29.2 Å². The van der Waals surface area contributed by atoms with Crippen LogP contribution in [-0.2, 0) is 15.9 Å². The van der Waals surface area contributed by atoms with E-state index < -0.39 is 11.4 Å². The number of aliphatic hydroxyl groups excluding tert-OH is 1. The van der Waals surface area contributed by atoms with Gasteiger partial charge in [0, 0.05) is 43.9 Å². The normalized spacial score (nSPS) is 19.8. The number of piperazine rings is 1. The lowest BCUT2D eigenvalue weighted by Gasteiger charge is -2.42. The van der Waals surface area contributed by atoms with E-state index >= 15 is 4.39 Å². The van der Waals surface area contributed by atoms with Crippen molar-refractivity contribution >= 4 is 39.5 Å². The highest BCUT2D eigenvalue weighted by Crippen LogP contribution is 2.45. The summed E-state index contributed by atoms with van der Waals surface area (Å²) in [6, 6.07) is 9.63. The molecule has 0 spiro atoms. The number of fused-ring (bicyclic) bond motifs is 4. The lowest BCUT2D eigenvalue weighted by molar-refractivity contribution is 0.0123. The van der Waals surface area contributed by atoms with E-state index in [1.54, 1.807) is 13.3 Å². The molecular formula is C37H45FN6O5. The molecule has 1 amide bonds. The van der Waals surface area contributed by atoms with Gasteiger partial charge in [0.05, 0.1) is 24.1 Å². The van der Waals surface area contributed by atoms with Crippen LogP contribution in [0.1, 0.15) is 58.9 Å². The molecule has 11 nitrogen and oxygen atoms in total. The van der Waals surface area contributed by atoms with E-state index in [1.807, 2.05) is 56.0 Å². The number of halogens is 1. The van der Waals surface area contributed by atoms with Crippen LogP contribution >= 0.6 is 0 Å². The van der Waals surface area contributed by atoms with Gasteiger partial charge in [-0.25, -0.2) is 14.2 Å². The van der Waals surface area contributed by atoms with E-state index in [1.165, 1.54) is 0 Å². The van der Waals surface area contributed by atoms with Crippen molar-refractivity contribution in [1.29, 1.82) is 0 Å². The number of aromatic nitrogens is 3. The maximum atomic E-state index is 17.1. The van der Waals surface area contributed by atoms with Crippen LogP contribution in [-0.4, -0.2) is 88.9 Å². The average molecular weight is 673 g/mol. The largest absolute Gasteiger partial charge is 0.468 e. The number of rotatable bonds is 10. The summed E-state index contributed by atoms with van der Waals surface area (Å²) in [5.41, 5.74) is 1.19. The van der Waals surface area contributed by atoms with Crippen molar-refractivity contribution in [3.8, 4) is 17.0 Å². The lowest BCUT2D eigenvalue weighted by Crippen LogP contribution is -2.57. The molecule has 2 saturated heterocycles. The number of pyridine rings is 1. The molecule has 3 aliphatic rings. The number of amides is 1. The number of hydrogen-bond acceptors (Lipinski definition) is 10. The van der Waals surface area contributed by atoms with Crippen LogP contribution in [0.15, 0.2) is 36.5 Å². The molecule has 2 unspecified atom stereocenters. The Balaban J connectivity index is 1.33. The van der Waals surface area contributed by atoms with Crippen molar-refractivity contribution < 1.29 is 28.5 Å². The molecule has 2 aromatic carbocycles. The Labute approximate surface area is 285 Å². The second kappa shape index (κ2) is 12.9. The number of aryl methyl sites for hydroxylation is 1. The van der Waals surface area contributed by atoms with Crippen LogP contribution in [0.2, 0.25) is 0 Å². The van der Waals surface area contributed by atoms with Crippen LogP contribution < -0.4 is 15.0 Å². The topological polar surface area (TPSA) is 122 Å². The van der Waals surface area contributed by atoms with Gasteiger partial charge in [0.1, 0.15) is 28.4 Å². The first-order valence-electron chi connectivity index (χ1n) is 17.2. The Bertz CT molecular complexity index is 1880. The Morgan fingerprint density at radius 2 is 1.90 bits per heavy atom. The maximum Gasteiger partial charge on any atom is 0.410 e. The fraction of sp³-hybridized carbons (Fsp3) is 0.514. The molecule has 7 rings (SSSR count). The number of carbonyl (C=O) groups excluding carboxylic acids is 1. The molecule has 2 aromatic heterocycles. The maximum absolute atomic E-state index is 17.1. The van der Waals surface area contributed by atoms with Crippen LogP contribution in [0.3, 0.4) is 0 Å². The first kappa shape index (κ1) is 33.2. The summed E-state index contributed by atoms with van der Waals surface area (Å²) < 4.78 is 33.8. The molecule has 260 valence electrons. The number of nitrogens with zero attached hydrogens (tertiary/aromatic N) is 5. The van der Waals surface area contributed by atoms with E-state index in [0.29, 0.717) is 42.2 Å². The summed E-state index contributed by atoms with van der Waals surface area (Å²) in [6.45, 7) is 9.33. The molecular weight excluding hydrogens is 627 g/mol. The number of anilines is 2. The zero-order chi connectivity index (χ0) is 34.5. The van der Waals surface area contributed by atoms with Gasteiger partial charge in [-0.05, 0) is 81.3 Å². The quantitative estimate of drug-likeness (QED) is 0.186. The summed E-state index contributed by atoms with van der Waals surface area (Å²) in [7, 11) is 1.55. The third-order valence-corrected chi connectivity index (χ3v) is 9.98. The van der Waals surface area contributed by atoms with Gasteiger partial charge in [-0.3, -0.25) is 9.88 Å². The Hall–Kier alpha value is -4.29. The van der Waals surface area contributed by atoms with Gasteiger partial charge in [0.15, 0.2) is 12.6 Å². The summed E-state index contributed by atoms with van der Waals surface area (Å²) in [5.74, 6) is 0.841. The average Bonchev–Trinajstić information content (AvgIpc) is 3.82. The molecule has 2 atom stereocenters. The van der Waals surface area contributed by atoms with Gasteiger partial charge in [-0.2, -0.15) is 4.98 Å². The molecule has 2 N–H and O–H groups in total. The summed E-state index contributed by atoms with van der Waals surface area (Å²) in [4.78, 5) is 31.6. The second-order valence-electron chi connectivity index (χ2n) is 14.6. The predicted molar refractivity (Wildman–Crippen MR) is 186 cm³/mol. The minimum Gasteiger partial charge on any atom is -0.468 e. The molecule has 3 fully saturated rings. The third-order valence-electron chi connectivity index (χ3n) is 9.98. The number of hydrogen-bond donors (Lipinski definition) is 2. The molecule has 1 aliphatic carbocycles. The van der Waals surface area contributed by atoms with Crippen LogP contribution in [0.4, 0.5) is 21.0 Å². The number of methoxy groups -OCH3 is 1. The Morgan fingerprint density at radius 1 is 1.14 bits per heavy atom. The number of benzene rings is 2. The molecule has 4 heterocycles. The predicted octanol–water partition coefficient (Wildman–Crippen LogP) is 6.30. The molecule has 4 aromatic rings.